The molecule has 0 unspecified atom stereocenters. The summed E-state index contributed by atoms with van der Waals surface area (Å²) >= 11 is 0. The second kappa shape index (κ2) is 6.24. The van der Waals surface area contributed by atoms with Gasteiger partial charge in [0, 0.05) is 11.8 Å². The number of ketones is 1. The van der Waals surface area contributed by atoms with E-state index in [-0.39, 0.29) is 5.41 Å². The third kappa shape index (κ3) is 2.35. The quantitative estimate of drug-likeness (QED) is 0.391. The molecule has 0 aromatic rings. The molecule has 5 aliphatic carbocycles. The van der Waals surface area contributed by atoms with Crippen molar-refractivity contribution >= 4 is 5.78 Å². The van der Waals surface area contributed by atoms with Gasteiger partial charge in [0.1, 0.15) is 5.78 Å². The maximum absolute atomic E-state index is 12.9. The molecule has 2 heteroatoms. The Morgan fingerprint density at radius 3 is 2.22 bits per heavy atom. The molecule has 9 atom stereocenters. The zero-order chi connectivity index (χ0) is 22.9. The Kier molecular flexibility index (Phi) is 4.31. The minimum atomic E-state index is -0.136. The molecule has 6 rings (SSSR count). The third-order valence-electron chi connectivity index (χ3n) is 13.9. The van der Waals surface area contributed by atoms with Crippen LogP contribution in [0.5, 0.6) is 0 Å². The summed E-state index contributed by atoms with van der Waals surface area (Å²) in [7, 11) is 0. The van der Waals surface area contributed by atoms with E-state index in [9.17, 15) is 4.79 Å². The van der Waals surface area contributed by atoms with Gasteiger partial charge in [0.15, 0.2) is 0 Å². The fourth-order valence-corrected chi connectivity index (χ4v) is 11.8. The van der Waals surface area contributed by atoms with E-state index in [0.29, 0.717) is 44.9 Å². The molecule has 0 amide bonds. The highest BCUT2D eigenvalue weighted by Crippen LogP contribution is 2.77. The molecule has 0 aromatic carbocycles. The first kappa shape index (κ1) is 22.1. The van der Waals surface area contributed by atoms with Crippen LogP contribution in [0.2, 0.25) is 0 Å². The highest BCUT2D eigenvalue weighted by atomic mass is 16.5. The van der Waals surface area contributed by atoms with E-state index in [1.54, 1.807) is 0 Å². The first-order chi connectivity index (χ1) is 14.8. The zero-order valence-electron chi connectivity index (χ0n) is 22.0. The normalized spacial score (nSPS) is 57.7. The predicted molar refractivity (Wildman–Crippen MR) is 129 cm³/mol. The number of Topliss-reactive ketones (excluding diaryl/α,β-unsaturated/α-hetero) is 1. The van der Waals surface area contributed by atoms with Crippen molar-refractivity contribution in [2.24, 2.45) is 56.2 Å². The van der Waals surface area contributed by atoms with Crippen molar-refractivity contribution in [2.75, 3.05) is 6.61 Å². The summed E-state index contributed by atoms with van der Waals surface area (Å²) in [5.41, 5.74) is 1.83. The molecule has 2 nitrogen and oxygen atoms in total. The zero-order valence-corrected chi connectivity index (χ0v) is 22.0. The second-order valence-electron chi connectivity index (χ2n) is 15.4. The lowest BCUT2D eigenvalue weighted by Gasteiger charge is -2.72. The summed E-state index contributed by atoms with van der Waals surface area (Å²) in [6, 6.07) is 0. The van der Waals surface area contributed by atoms with Crippen molar-refractivity contribution < 1.29 is 9.53 Å². The summed E-state index contributed by atoms with van der Waals surface area (Å²) in [4.78, 5) is 12.9. The van der Waals surface area contributed by atoms with Crippen LogP contribution < -0.4 is 0 Å². The van der Waals surface area contributed by atoms with E-state index in [1.807, 2.05) is 0 Å². The van der Waals surface area contributed by atoms with Gasteiger partial charge in [-0.3, -0.25) is 4.79 Å². The maximum atomic E-state index is 12.9. The van der Waals surface area contributed by atoms with Crippen molar-refractivity contribution in [1.82, 2.24) is 0 Å². The van der Waals surface area contributed by atoms with Crippen molar-refractivity contribution in [3.05, 3.63) is 0 Å². The van der Waals surface area contributed by atoms with Crippen LogP contribution >= 0.6 is 0 Å². The van der Waals surface area contributed by atoms with E-state index in [2.05, 4.69) is 48.5 Å². The second-order valence-corrected chi connectivity index (χ2v) is 15.4. The first-order valence-corrected chi connectivity index (χ1v) is 14.0. The highest BCUT2D eigenvalue weighted by Gasteiger charge is 2.72. The monoisotopic (exact) mass is 440 g/mol. The molecule has 0 N–H and O–H groups in total. The van der Waals surface area contributed by atoms with E-state index in [4.69, 9.17) is 4.74 Å². The fourth-order valence-electron chi connectivity index (χ4n) is 11.8. The minimum absolute atomic E-state index is 0.136. The summed E-state index contributed by atoms with van der Waals surface area (Å²) in [6.07, 6.45) is 13.3. The number of hydrogen-bond acceptors (Lipinski definition) is 2. The molecule has 32 heavy (non-hydrogen) atoms. The number of hydrogen-bond donors (Lipinski definition) is 0. The van der Waals surface area contributed by atoms with E-state index >= 15 is 0 Å². The molecule has 0 spiro atoms. The molecule has 2 bridgehead atoms. The van der Waals surface area contributed by atoms with Crippen LogP contribution in [-0.2, 0) is 9.53 Å². The van der Waals surface area contributed by atoms with Gasteiger partial charge in [0.25, 0.3) is 0 Å². The van der Waals surface area contributed by atoms with Crippen molar-refractivity contribution in [3.8, 4) is 0 Å². The molecular weight excluding hydrogens is 392 g/mol. The van der Waals surface area contributed by atoms with Crippen LogP contribution in [0.4, 0.5) is 0 Å². The maximum Gasteiger partial charge on any atom is 0.138 e. The van der Waals surface area contributed by atoms with E-state index in [0.717, 1.165) is 37.2 Å². The molecule has 5 saturated carbocycles. The topological polar surface area (TPSA) is 26.3 Å². The summed E-state index contributed by atoms with van der Waals surface area (Å²) in [5.74, 6) is 3.46. The van der Waals surface area contributed by atoms with Crippen molar-refractivity contribution in [3.63, 3.8) is 0 Å². The average molecular weight is 441 g/mol. The van der Waals surface area contributed by atoms with Crippen LogP contribution in [0.15, 0.2) is 0 Å². The van der Waals surface area contributed by atoms with Crippen LogP contribution in [-0.4, -0.2) is 18.5 Å². The lowest BCUT2D eigenvalue weighted by molar-refractivity contribution is -0.239. The highest BCUT2D eigenvalue weighted by molar-refractivity contribution is 5.85. The Bertz CT molecular complexity index is 842. The van der Waals surface area contributed by atoms with Gasteiger partial charge in [-0.1, -0.05) is 48.5 Å². The van der Waals surface area contributed by atoms with Gasteiger partial charge < -0.3 is 4.74 Å². The third-order valence-corrected chi connectivity index (χ3v) is 13.9. The first-order valence-electron chi connectivity index (χ1n) is 14.0. The smallest absolute Gasteiger partial charge is 0.138 e. The van der Waals surface area contributed by atoms with E-state index in [1.165, 1.54) is 51.4 Å². The lowest BCUT2D eigenvalue weighted by Crippen LogP contribution is -2.67. The standard InChI is InChI=1S/C30H48O2/c1-25(2)14-16-30-17-15-28(6)19(23(30)24(25)32-18-30)8-9-21-27(5)12-11-22(31)26(3,4)20(27)10-13-29(21,28)7/h19-21,23-24H,8-18H2,1-7H3/t19-,20+,21+,23-,24-,27+,28-,29+,30+/m1/s1. The largest absolute Gasteiger partial charge is 0.377 e. The molecule has 6 aliphatic rings. The molecule has 180 valence electrons. The Morgan fingerprint density at radius 2 is 1.47 bits per heavy atom. The minimum Gasteiger partial charge on any atom is -0.377 e. The SMILES string of the molecule is CC1(C)CC[C@@]23CC[C@]4(C)[C@H](CC[C@H]5[C@@]6(C)CCC(=O)C(C)(C)[C@@H]6CC[C@@]54C)[C@@H]2[C@H]1OC3. The summed E-state index contributed by atoms with van der Waals surface area (Å²) < 4.78 is 6.70. The number of rotatable bonds is 0. The summed E-state index contributed by atoms with van der Waals surface area (Å²) in [6.45, 7) is 18.6. The Morgan fingerprint density at radius 1 is 0.750 bits per heavy atom. The summed E-state index contributed by atoms with van der Waals surface area (Å²) in [5, 5.41) is 0. The van der Waals surface area contributed by atoms with Gasteiger partial charge in [0.2, 0.25) is 0 Å². The molecule has 0 radical (unpaired) electrons. The lowest BCUT2D eigenvalue weighted by atomic mass is 9.31. The van der Waals surface area contributed by atoms with Gasteiger partial charge >= 0.3 is 0 Å². The number of carbonyl (C=O) groups excluding carboxylic acids is 1. The van der Waals surface area contributed by atoms with E-state index < -0.39 is 0 Å². The van der Waals surface area contributed by atoms with Crippen LogP contribution in [0.25, 0.3) is 0 Å². The molecule has 1 heterocycles. The number of ether oxygens (including phenoxy) is 1. The van der Waals surface area contributed by atoms with Crippen LogP contribution in [0, 0.1) is 56.2 Å². The van der Waals surface area contributed by atoms with Crippen LogP contribution in [0.3, 0.4) is 0 Å². The predicted octanol–water partition coefficient (Wildman–Crippen LogP) is 7.45. The molecule has 1 saturated heterocycles. The average Bonchev–Trinajstić information content (AvgIpc) is 3.05. The Balaban J connectivity index is 1.40. The van der Waals surface area contributed by atoms with Crippen molar-refractivity contribution in [2.45, 2.75) is 119 Å². The van der Waals surface area contributed by atoms with Gasteiger partial charge in [-0.25, -0.2) is 0 Å². The molecule has 6 fully saturated rings. The molecule has 1 aliphatic heterocycles. The van der Waals surface area contributed by atoms with Crippen LogP contribution in [0.1, 0.15) is 113 Å². The molecular formula is C30H48O2. The molecule has 0 aromatic heterocycles. The fraction of sp³-hybridized carbons (Fsp3) is 0.967. The van der Waals surface area contributed by atoms with Gasteiger partial charge in [0.05, 0.1) is 12.7 Å². The van der Waals surface area contributed by atoms with Crippen molar-refractivity contribution in [1.29, 1.82) is 0 Å². The van der Waals surface area contributed by atoms with Gasteiger partial charge in [-0.05, 0) is 109 Å². The Hall–Kier alpha value is -0.370. The Labute approximate surface area is 197 Å². The van der Waals surface area contributed by atoms with Gasteiger partial charge in [-0.15, -0.1) is 0 Å². The number of fused-ring (bicyclic) bond motifs is 5. The van der Waals surface area contributed by atoms with Gasteiger partial charge in [-0.2, -0.15) is 0 Å². The number of carbonyl (C=O) groups is 1.